The van der Waals surface area contributed by atoms with Crippen molar-refractivity contribution in [2.75, 3.05) is 17.8 Å². The molecule has 0 atom stereocenters. The third-order valence-electron chi connectivity index (χ3n) is 4.58. The van der Waals surface area contributed by atoms with Crippen molar-refractivity contribution in [2.24, 2.45) is 4.99 Å². The predicted molar refractivity (Wildman–Crippen MR) is 119 cm³/mol. The van der Waals surface area contributed by atoms with E-state index in [1.165, 1.54) is 24.4 Å². The summed E-state index contributed by atoms with van der Waals surface area (Å²) in [7, 11) is 1.34. The number of anilines is 1. The van der Waals surface area contributed by atoms with Gasteiger partial charge in [0.25, 0.3) is 5.91 Å². The highest BCUT2D eigenvalue weighted by atomic mass is 32.2. The first-order valence-electron chi connectivity index (χ1n) is 9.40. The normalized spacial score (nSPS) is 15.2. The molecule has 3 rings (SSSR count). The van der Waals surface area contributed by atoms with E-state index in [4.69, 9.17) is 4.74 Å². The second kappa shape index (κ2) is 9.09. The molecule has 0 saturated carbocycles. The maximum Gasteiger partial charge on any atom is 0.316 e. The van der Waals surface area contributed by atoms with Crippen LogP contribution in [-0.2, 0) is 14.3 Å². The van der Waals surface area contributed by atoms with E-state index in [1.54, 1.807) is 11.0 Å². The number of amidine groups is 1. The largest absolute Gasteiger partial charge is 0.468 e. The lowest BCUT2D eigenvalue weighted by atomic mass is 10.0. The van der Waals surface area contributed by atoms with Gasteiger partial charge in [0.05, 0.1) is 18.6 Å². The lowest BCUT2D eigenvalue weighted by Crippen LogP contribution is -2.30. The molecule has 6 heteroatoms. The molecule has 1 aliphatic rings. The summed E-state index contributed by atoms with van der Waals surface area (Å²) in [6, 6.07) is 15.7. The molecule has 0 bridgehead atoms. The zero-order valence-corrected chi connectivity index (χ0v) is 17.8. The van der Waals surface area contributed by atoms with E-state index in [0.29, 0.717) is 16.8 Å². The maximum atomic E-state index is 13.1. The second-order valence-corrected chi connectivity index (χ2v) is 8.03. The van der Waals surface area contributed by atoms with Crippen LogP contribution in [0.2, 0.25) is 0 Å². The van der Waals surface area contributed by atoms with Gasteiger partial charge in [-0.25, -0.2) is 4.99 Å². The topological polar surface area (TPSA) is 59.0 Å². The molecular formula is C23H24N2O3S. The Morgan fingerprint density at radius 1 is 1.14 bits per heavy atom. The van der Waals surface area contributed by atoms with E-state index in [-0.39, 0.29) is 17.6 Å². The minimum Gasteiger partial charge on any atom is -0.468 e. The number of hydrogen-bond donors (Lipinski definition) is 0. The average molecular weight is 409 g/mol. The quantitative estimate of drug-likeness (QED) is 0.528. The summed E-state index contributed by atoms with van der Waals surface area (Å²) in [6.45, 7) is 6.27. The number of rotatable bonds is 5. The molecule has 0 saturated heterocycles. The van der Waals surface area contributed by atoms with Crippen molar-refractivity contribution in [2.45, 2.75) is 26.7 Å². The van der Waals surface area contributed by atoms with Gasteiger partial charge >= 0.3 is 5.97 Å². The van der Waals surface area contributed by atoms with E-state index < -0.39 is 0 Å². The monoisotopic (exact) mass is 408 g/mol. The Kier molecular flexibility index (Phi) is 6.54. The van der Waals surface area contributed by atoms with Crippen LogP contribution in [0.25, 0.3) is 6.08 Å². The standard InChI is InChI=1S/C23H24N2O3S/c1-15(2)18-9-7-17(8-10-18)13-20-22(27)25(19-11-5-16(3)6-12-19)23(24-20)29-14-21(26)28-4/h5-13,15H,14H2,1-4H3/b20-13+. The van der Waals surface area contributed by atoms with Gasteiger partial charge in [0.1, 0.15) is 5.70 Å². The van der Waals surface area contributed by atoms with E-state index in [0.717, 1.165) is 16.8 Å². The molecule has 1 amide bonds. The summed E-state index contributed by atoms with van der Waals surface area (Å²) >= 11 is 1.19. The molecule has 0 N–H and O–H groups in total. The number of thioether (sulfide) groups is 1. The zero-order valence-electron chi connectivity index (χ0n) is 17.0. The number of aliphatic imine (C=N–C) groups is 1. The average Bonchev–Trinajstić information content (AvgIpc) is 3.02. The van der Waals surface area contributed by atoms with Crippen LogP contribution < -0.4 is 4.90 Å². The summed E-state index contributed by atoms with van der Waals surface area (Å²) in [6.07, 6.45) is 1.78. The summed E-state index contributed by atoms with van der Waals surface area (Å²) in [5, 5.41) is 0.467. The molecule has 150 valence electrons. The van der Waals surface area contributed by atoms with Crippen LogP contribution in [0.5, 0.6) is 0 Å². The number of carbonyl (C=O) groups excluding carboxylic acids is 2. The summed E-state index contributed by atoms with van der Waals surface area (Å²) in [5.41, 5.74) is 4.31. The third kappa shape index (κ3) is 4.95. The summed E-state index contributed by atoms with van der Waals surface area (Å²) in [4.78, 5) is 30.8. The van der Waals surface area contributed by atoms with Gasteiger partial charge in [-0.1, -0.05) is 67.6 Å². The molecule has 29 heavy (non-hydrogen) atoms. The van der Waals surface area contributed by atoms with Crippen LogP contribution in [0.15, 0.2) is 59.2 Å². The van der Waals surface area contributed by atoms with Crippen molar-refractivity contribution in [3.05, 3.63) is 70.9 Å². The fraction of sp³-hybridized carbons (Fsp3) is 0.261. The number of ether oxygens (including phenoxy) is 1. The Labute approximate surface area is 175 Å². The molecule has 2 aromatic rings. The van der Waals surface area contributed by atoms with Gasteiger partial charge in [-0.2, -0.15) is 0 Å². The Morgan fingerprint density at radius 3 is 2.38 bits per heavy atom. The fourth-order valence-electron chi connectivity index (χ4n) is 2.83. The zero-order chi connectivity index (χ0) is 21.0. The minimum absolute atomic E-state index is 0.0847. The molecule has 0 radical (unpaired) electrons. The molecule has 2 aromatic carbocycles. The number of esters is 1. The molecule has 0 aromatic heterocycles. The first-order chi connectivity index (χ1) is 13.9. The first-order valence-corrected chi connectivity index (χ1v) is 10.4. The van der Waals surface area contributed by atoms with E-state index in [1.807, 2.05) is 43.3 Å². The minimum atomic E-state index is -0.365. The van der Waals surface area contributed by atoms with Gasteiger partial charge in [-0.05, 0) is 42.2 Å². The molecule has 1 aliphatic heterocycles. The first kappa shape index (κ1) is 20.9. The molecule has 0 spiro atoms. The van der Waals surface area contributed by atoms with Crippen molar-refractivity contribution >= 4 is 40.6 Å². The van der Waals surface area contributed by atoms with Gasteiger partial charge in [0.15, 0.2) is 5.17 Å². The number of carbonyl (C=O) groups is 2. The van der Waals surface area contributed by atoms with Crippen LogP contribution in [-0.4, -0.2) is 29.9 Å². The smallest absolute Gasteiger partial charge is 0.316 e. The maximum absolute atomic E-state index is 13.1. The number of aryl methyl sites for hydroxylation is 1. The lowest BCUT2D eigenvalue weighted by Gasteiger charge is -2.17. The fourth-order valence-corrected chi connectivity index (χ4v) is 3.68. The van der Waals surface area contributed by atoms with Gasteiger partial charge in [-0.15, -0.1) is 0 Å². The highest BCUT2D eigenvalue weighted by Gasteiger charge is 2.32. The Morgan fingerprint density at radius 2 is 1.79 bits per heavy atom. The molecule has 5 nitrogen and oxygen atoms in total. The van der Waals surface area contributed by atoms with Gasteiger partial charge < -0.3 is 4.74 Å². The Hall–Kier alpha value is -2.86. The van der Waals surface area contributed by atoms with Gasteiger partial charge in [-0.3, -0.25) is 14.5 Å². The molecule has 0 aliphatic carbocycles. The SMILES string of the molecule is COC(=O)CSC1=N/C(=C/c2ccc(C(C)C)cc2)C(=O)N1c1ccc(C)cc1. The number of benzene rings is 2. The Balaban J connectivity index is 1.92. The van der Waals surface area contributed by atoms with Crippen LogP contribution in [0.4, 0.5) is 5.69 Å². The van der Waals surface area contributed by atoms with Crippen molar-refractivity contribution in [3.63, 3.8) is 0 Å². The number of methoxy groups -OCH3 is 1. The van der Waals surface area contributed by atoms with Crippen LogP contribution in [0, 0.1) is 6.92 Å². The molecule has 0 fully saturated rings. The van der Waals surface area contributed by atoms with Crippen molar-refractivity contribution < 1.29 is 14.3 Å². The molecular weight excluding hydrogens is 384 g/mol. The number of nitrogens with zero attached hydrogens (tertiary/aromatic N) is 2. The summed E-state index contributed by atoms with van der Waals surface area (Å²) < 4.78 is 4.71. The number of amides is 1. The molecule has 1 heterocycles. The van der Waals surface area contributed by atoms with Crippen LogP contribution in [0.3, 0.4) is 0 Å². The lowest BCUT2D eigenvalue weighted by molar-refractivity contribution is -0.137. The van der Waals surface area contributed by atoms with Gasteiger partial charge in [0.2, 0.25) is 0 Å². The third-order valence-corrected chi connectivity index (χ3v) is 5.49. The highest BCUT2D eigenvalue weighted by Crippen LogP contribution is 2.30. The van der Waals surface area contributed by atoms with Crippen molar-refractivity contribution in [3.8, 4) is 0 Å². The second-order valence-electron chi connectivity index (χ2n) is 7.09. The predicted octanol–water partition coefficient (Wildman–Crippen LogP) is 4.77. The van der Waals surface area contributed by atoms with Crippen molar-refractivity contribution in [1.82, 2.24) is 0 Å². The van der Waals surface area contributed by atoms with Crippen LogP contribution >= 0.6 is 11.8 Å². The summed E-state index contributed by atoms with van der Waals surface area (Å²) in [5.74, 6) is -0.0486. The molecule has 0 unspecified atom stereocenters. The van der Waals surface area contributed by atoms with Crippen LogP contribution in [0.1, 0.15) is 36.5 Å². The highest BCUT2D eigenvalue weighted by molar-refractivity contribution is 8.14. The van der Waals surface area contributed by atoms with Gasteiger partial charge in [0, 0.05) is 0 Å². The van der Waals surface area contributed by atoms with E-state index >= 15 is 0 Å². The van der Waals surface area contributed by atoms with E-state index in [9.17, 15) is 9.59 Å². The Bertz CT molecular complexity index is 961. The number of hydrogen-bond acceptors (Lipinski definition) is 5. The van der Waals surface area contributed by atoms with Crippen molar-refractivity contribution in [1.29, 1.82) is 0 Å². The van der Waals surface area contributed by atoms with E-state index in [2.05, 4.69) is 31.0 Å².